The molecule has 0 aromatic rings. The van der Waals surface area contributed by atoms with E-state index < -0.39 is 0 Å². The molecule has 5 heteroatoms. The topological polar surface area (TPSA) is 58.4 Å². The molecule has 1 amide bonds. The first-order valence-electron chi connectivity index (χ1n) is 5.86. The fourth-order valence-electron chi connectivity index (χ4n) is 1.74. The molecular formula is C11H21N3OS. The highest BCUT2D eigenvalue weighted by Gasteiger charge is 2.28. The Morgan fingerprint density at radius 3 is 2.62 bits per heavy atom. The summed E-state index contributed by atoms with van der Waals surface area (Å²) < 4.78 is 0. The maximum atomic E-state index is 11.1. The minimum absolute atomic E-state index is 0.116. The van der Waals surface area contributed by atoms with Gasteiger partial charge in [0.2, 0.25) is 5.91 Å². The number of nitrogens with two attached hydrogens (primary N) is 1. The van der Waals surface area contributed by atoms with E-state index in [2.05, 4.69) is 10.2 Å². The third-order valence-corrected chi connectivity index (χ3v) is 3.04. The Bertz CT molecular complexity index is 254. The number of nitrogens with one attached hydrogen (secondary N) is 1. The van der Waals surface area contributed by atoms with Gasteiger partial charge in [-0.2, -0.15) is 0 Å². The van der Waals surface area contributed by atoms with Crippen LogP contribution in [-0.2, 0) is 4.79 Å². The first-order chi connectivity index (χ1) is 7.63. The monoisotopic (exact) mass is 243 g/mol. The molecular weight excluding hydrogens is 222 g/mol. The molecule has 0 spiro atoms. The highest BCUT2D eigenvalue weighted by molar-refractivity contribution is 7.80. The number of carbonyl (C=O) groups is 1. The van der Waals surface area contributed by atoms with Gasteiger partial charge >= 0.3 is 0 Å². The molecule has 0 unspecified atom stereocenters. The zero-order valence-corrected chi connectivity index (χ0v) is 10.7. The van der Waals surface area contributed by atoms with Crippen LogP contribution in [0.3, 0.4) is 0 Å². The first-order valence-corrected chi connectivity index (χ1v) is 6.27. The summed E-state index contributed by atoms with van der Waals surface area (Å²) in [5.74, 6) is 0.116. The quantitative estimate of drug-likeness (QED) is 0.615. The van der Waals surface area contributed by atoms with E-state index in [0.29, 0.717) is 17.5 Å². The molecule has 0 atom stereocenters. The molecule has 0 aliphatic heterocycles. The third-order valence-electron chi connectivity index (χ3n) is 2.84. The molecule has 1 rings (SSSR count). The van der Waals surface area contributed by atoms with Gasteiger partial charge in [0, 0.05) is 32.5 Å². The average molecular weight is 243 g/mol. The molecule has 3 N–H and O–H groups in total. The first kappa shape index (κ1) is 13.4. The highest BCUT2D eigenvalue weighted by Crippen LogP contribution is 2.27. The Morgan fingerprint density at radius 2 is 2.12 bits per heavy atom. The predicted molar refractivity (Wildman–Crippen MR) is 69.3 cm³/mol. The lowest BCUT2D eigenvalue weighted by molar-refractivity contribution is -0.120. The number of rotatable bonds is 8. The van der Waals surface area contributed by atoms with E-state index in [1.165, 1.54) is 12.8 Å². The Morgan fingerprint density at radius 1 is 1.44 bits per heavy atom. The molecule has 0 heterocycles. The lowest BCUT2D eigenvalue weighted by atomic mass is 10.2. The smallest absolute Gasteiger partial charge is 0.219 e. The summed E-state index contributed by atoms with van der Waals surface area (Å²) in [7, 11) is 1.67. The Kier molecular flexibility index (Phi) is 5.69. The van der Waals surface area contributed by atoms with Crippen LogP contribution in [-0.4, -0.2) is 42.0 Å². The van der Waals surface area contributed by atoms with Crippen molar-refractivity contribution in [2.45, 2.75) is 38.1 Å². The van der Waals surface area contributed by atoms with E-state index in [-0.39, 0.29) is 5.91 Å². The fraction of sp³-hybridized carbons (Fsp3) is 0.818. The van der Waals surface area contributed by atoms with Crippen LogP contribution in [0.25, 0.3) is 0 Å². The van der Waals surface area contributed by atoms with Crippen molar-refractivity contribution in [2.75, 3.05) is 20.1 Å². The molecule has 0 aromatic heterocycles. The second-order valence-corrected chi connectivity index (χ2v) is 4.78. The van der Waals surface area contributed by atoms with E-state index in [4.69, 9.17) is 18.0 Å². The normalized spacial score (nSPS) is 15.1. The van der Waals surface area contributed by atoms with Gasteiger partial charge in [0.25, 0.3) is 0 Å². The minimum Gasteiger partial charge on any atom is -0.393 e. The summed E-state index contributed by atoms with van der Waals surface area (Å²) in [6.45, 7) is 1.91. The highest BCUT2D eigenvalue weighted by atomic mass is 32.1. The van der Waals surface area contributed by atoms with Gasteiger partial charge in [-0.25, -0.2) is 0 Å². The molecule has 4 nitrogen and oxygen atoms in total. The molecule has 0 bridgehead atoms. The standard InChI is InChI=1S/C11H21N3OS/c1-13-11(15)3-2-7-14(9-4-5-9)8-6-10(12)16/h9H,2-8H2,1H3,(H2,12,16)(H,13,15). The molecule has 0 saturated heterocycles. The van der Waals surface area contributed by atoms with Crippen molar-refractivity contribution in [3.8, 4) is 0 Å². The molecule has 0 radical (unpaired) electrons. The molecule has 92 valence electrons. The Labute approximate surface area is 103 Å². The third kappa shape index (κ3) is 5.42. The van der Waals surface area contributed by atoms with Crippen LogP contribution in [0.1, 0.15) is 32.1 Å². The van der Waals surface area contributed by atoms with Gasteiger partial charge in [-0.1, -0.05) is 12.2 Å². The van der Waals surface area contributed by atoms with Crippen molar-refractivity contribution in [3.63, 3.8) is 0 Å². The summed E-state index contributed by atoms with van der Waals surface area (Å²) >= 11 is 4.88. The Balaban J connectivity index is 2.17. The SMILES string of the molecule is CNC(=O)CCCN(CCC(N)=S)C1CC1. The number of thiocarbonyl (C=S) groups is 1. The van der Waals surface area contributed by atoms with Crippen LogP contribution in [0.15, 0.2) is 0 Å². The van der Waals surface area contributed by atoms with E-state index in [0.717, 1.165) is 25.9 Å². The van der Waals surface area contributed by atoms with E-state index in [9.17, 15) is 4.79 Å². The number of hydrogen-bond donors (Lipinski definition) is 2. The molecule has 1 aliphatic rings. The number of carbonyl (C=O) groups excluding carboxylic acids is 1. The van der Waals surface area contributed by atoms with E-state index in [1.807, 2.05) is 0 Å². The van der Waals surface area contributed by atoms with Gasteiger partial charge in [0.05, 0.1) is 4.99 Å². The van der Waals surface area contributed by atoms with Crippen molar-refractivity contribution >= 4 is 23.1 Å². The second kappa shape index (κ2) is 6.81. The molecule has 1 fully saturated rings. The van der Waals surface area contributed by atoms with Crippen LogP contribution in [0.5, 0.6) is 0 Å². The molecule has 1 aliphatic carbocycles. The summed E-state index contributed by atoms with van der Waals surface area (Å²) in [5.41, 5.74) is 5.50. The summed E-state index contributed by atoms with van der Waals surface area (Å²) in [4.78, 5) is 14.1. The van der Waals surface area contributed by atoms with Crippen LogP contribution in [0.4, 0.5) is 0 Å². The van der Waals surface area contributed by atoms with Crippen LogP contribution < -0.4 is 11.1 Å². The van der Waals surface area contributed by atoms with Crippen LogP contribution in [0, 0.1) is 0 Å². The maximum absolute atomic E-state index is 11.1. The van der Waals surface area contributed by atoms with Crippen molar-refractivity contribution < 1.29 is 4.79 Å². The molecule has 16 heavy (non-hydrogen) atoms. The largest absolute Gasteiger partial charge is 0.393 e. The van der Waals surface area contributed by atoms with Gasteiger partial charge in [-0.3, -0.25) is 9.69 Å². The fourth-order valence-corrected chi connectivity index (χ4v) is 1.83. The summed E-state index contributed by atoms with van der Waals surface area (Å²) in [6, 6.07) is 0.707. The van der Waals surface area contributed by atoms with Crippen molar-refractivity contribution in [1.82, 2.24) is 10.2 Å². The average Bonchev–Trinajstić information content (AvgIpc) is 3.06. The summed E-state index contributed by atoms with van der Waals surface area (Å²) in [5, 5.41) is 2.64. The predicted octanol–water partition coefficient (Wildman–Crippen LogP) is 0.653. The zero-order valence-electron chi connectivity index (χ0n) is 9.87. The van der Waals surface area contributed by atoms with Gasteiger partial charge in [-0.15, -0.1) is 0 Å². The minimum atomic E-state index is 0.116. The van der Waals surface area contributed by atoms with Crippen LogP contribution >= 0.6 is 12.2 Å². The Hall–Kier alpha value is -0.680. The van der Waals surface area contributed by atoms with E-state index in [1.54, 1.807) is 7.05 Å². The van der Waals surface area contributed by atoms with Crippen LogP contribution in [0.2, 0.25) is 0 Å². The van der Waals surface area contributed by atoms with Gasteiger partial charge in [0.1, 0.15) is 0 Å². The number of amides is 1. The lowest BCUT2D eigenvalue weighted by Gasteiger charge is -2.21. The van der Waals surface area contributed by atoms with Gasteiger partial charge in [-0.05, 0) is 25.8 Å². The molecule has 0 aromatic carbocycles. The summed E-state index contributed by atoms with van der Waals surface area (Å²) in [6.07, 6.45) is 4.85. The lowest BCUT2D eigenvalue weighted by Crippen LogP contribution is -2.31. The van der Waals surface area contributed by atoms with Gasteiger partial charge in [0.15, 0.2) is 0 Å². The van der Waals surface area contributed by atoms with E-state index >= 15 is 0 Å². The van der Waals surface area contributed by atoms with Gasteiger partial charge < -0.3 is 11.1 Å². The maximum Gasteiger partial charge on any atom is 0.219 e. The zero-order chi connectivity index (χ0) is 12.0. The number of hydrogen-bond acceptors (Lipinski definition) is 3. The molecule has 1 saturated carbocycles. The number of nitrogens with zero attached hydrogens (tertiary/aromatic N) is 1. The van der Waals surface area contributed by atoms with Crippen molar-refractivity contribution in [1.29, 1.82) is 0 Å². The van der Waals surface area contributed by atoms with Crippen molar-refractivity contribution in [2.24, 2.45) is 5.73 Å². The van der Waals surface area contributed by atoms with Crippen molar-refractivity contribution in [3.05, 3.63) is 0 Å². The second-order valence-electron chi connectivity index (χ2n) is 4.26.